The van der Waals surface area contributed by atoms with Gasteiger partial charge in [-0.1, -0.05) is 30.3 Å². The summed E-state index contributed by atoms with van der Waals surface area (Å²) < 4.78 is 10.8. The van der Waals surface area contributed by atoms with Gasteiger partial charge in [0.05, 0.1) is 12.8 Å². The van der Waals surface area contributed by atoms with Gasteiger partial charge < -0.3 is 14.6 Å². The van der Waals surface area contributed by atoms with Gasteiger partial charge in [-0.25, -0.2) is 4.98 Å². The monoisotopic (exact) mass is 439 g/mol. The number of aliphatic hydroxyl groups excluding tert-OH is 1. The van der Waals surface area contributed by atoms with Crippen molar-refractivity contribution in [2.75, 3.05) is 46.4 Å². The highest BCUT2D eigenvalue weighted by molar-refractivity contribution is 7.13. The van der Waals surface area contributed by atoms with Crippen molar-refractivity contribution in [2.45, 2.75) is 12.6 Å². The second-order valence-electron chi connectivity index (χ2n) is 7.73. The minimum absolute atomic E-state index is 0.285. The van der Waals surface area contributed by atoms with E-state index in [0.29, 0.717) is 6.54 Å². The van der Waals surface area contributed by atoms with Crippen LogP contribution in [-0.4, -0.2) is 72.4 Å². The van der Waals surface area contributed by atoms with E-state index in [0.717, 1.165) is 54.9 Å². The molecule has 1 aromatic heterocycles. The van der Waals surface area contributed by atoms with Crippen LogP contribution in [0.15, 0.2) is 60.0 Å². The molecular formula is C24H29N3O3S. The van der Waals surface area contributed by atoms with Crippen molar-refractivity contribution in [1.82, 2.24) is 14.8 Å². The van der Waals surface area contributed by atoms with Gasteiger partial charge in [0.25, 0.3) is 0 Å². The molecule has 0 radical (unpaired) electrons. The fourth-order valence-electron chi connectivity index (χ4n) is 3.67. The topological polar surface area (TPSA) is 58.1 Å². The van der Waals surface area contributed by atoms with Gasteiger partial charge in [0.1, 0.15) is 29.2 Å². The first-order valence-electron chi connectivity index (χ1n) is 10.6. The number of rotatable bonds is 9. The first-order chi connectivity index (χ1) is 15.2. The summed E-state index contributed by atoms with van der Waals surface area (Å²) in [7, 11) is 1.64. The summed E-state index contributed by atoms with van der Waals surface area (Å²) in [6.07, 6.45) is -0.513. The van der Waals surface area contributed by atoms with Crippen molar-refractivity contribution in [3.8, 4) is 22.1 Å². The Morgan fingerprint density at radius 1 is 0.968 bits per heavy atom. The van der Waals surface area contributed by atoms with E-state index < -0.39 is 6.10 Å². The van der Waals surface area contributed by atoms with E-state index in [2.05, 4.69) is 27.3 Å². The van der Waals surface area contributed by atoms with Crippen molar-refractivity contribution in [1.29, 1.82) is 0 Å². The Bertz CT molecular complexity index is 925. The normalized spacial score (nSPS) is 16.2. The van der Waals surface area contributed by atoms with Gasteiger partial charge in [-0.2, -0.15) is 0 Å². The molecule has 0 unspecified atom stereocenters. The molecule has 3 aromatic rings. The van der Waals surface area contributed by atoms with Crippen molar-refractivity contribution < 1.29 is 14.6 Å². The van der Waals surface area contributed by atoms with E-state index in [1.807, 2.05) is 42.5 Å². The molecule has 0 saturated carbocycles. The molecule has 31 heavy (non-hydrogen) atoms. The lowest BCUT2D eigenvalue weighted by Crippen LogP contribution is -2.48. The molecule has 0 bridgehead atoms. The molecule has 1 aliphatic rings. The van der Waals surface area contributed by atoms with Crippen molar-refractivity contribution in [3.05, 3.63) is 65.7 Å². The van der Waals surface area contributed by atoms with Gasteiger partial charge in [-0.05, 0) is 24.3 Å². The first kappa shape index (κ1) is 21.8. The highest BCUT2D eigenvalue weighted by Gasteiger charge is 2.20. The molecule has 1 N–H and O–H groups in total. The molecule has 1 fully saturated rings. The van der Waals surface area contributed by atoms with E-state index >= 15 is 0 Å². The zero-order chi connectivity index (χ0) is 21.5. The number of β-amino-alcohol motifs (C(OH)–C–C–N with tert-alkyl or cyclic N) is 1. The number of piperazine rings is 1. The summed E-state index contributed by atoms with van der Waals surface area (Å²) in [6.45, 7) is 5.62. The lowest BCUT2D eigenvalue weighted by atomic mass is 10.2. The fourth-order valence-corrected chi connectivity index (χ4v) is 4.48. The predicted octanol–water partition coefficient (Wildman–Crippen LogP) is 3.38. The molecule has 2 heterocycles. The second-order valence-corrected chi connectivity index (χ2v) is 8.59. The van der Waals surface area contributed by atoms with Crippen LogP contribution < -0.4 is 9.47 Å². The van der Waals surface area contributed by atoms with Crippen molar-refractivity contribution in [2.24, 2.45) is 0 Å². The Balaban J connectivity index is 1.18. The summed E-state index contributed by atoms with van der Waals surface area (Å²) in [6, 6.07) is 17.7. The van der Waals surface area contributed by atoms with E-state index in [-0.39, 0.29) is 6.61 Å². The average Bonchev–Trinajstić information content (AvgIpc) is 3.28. The molecule has 0 amide bonds. The van der Waals surface area contributed by atoms with Crippen LogP contribution in [0, 0.1) is 0 Å². The van der Waals surface area contributed by atoms with Crippen LogP contribution >= 0.6 is 11.3 Å². The van der Waals surface area contributed by atoms with Gasteiger partial charge in [0.2, 0.25) is 0 Å². The number of nitrogens with zero attached hydrogens (tertiary/aromatic N) is 3. The van der Waals surface area contributed by atoms with Gasteiger partial charge >= 0.3 is 0 Å². The number of aliphatic hydroxyl groups is 1. The Kier molecular flexibility index (Phi) is 7.53. The Morgan fingerprint density at radius 3 is 2.35 bits per heavy atom. The number of hydrogen-bond acceptors (Lipinski definition) is 7. The zero-order valence-corrected chi connectivity index (χ0v) is 18.6. The van der Waals surface area contributed by atoms with Gasteiger partial charge in [0, 0.05) is 50.2 Å². The third-order valence-corrected chi connectivity index (χ3v) is 6.33. The standard InChI is InChI=1S/C24H29N3O3S/c1-29-22-7-9-23(10-8-22)30-17-21(28)16-27-13-11-26(12-14-27)15-20-18-31-24(25-20)19-5-3-2-4-6-19/h2-10,18,21,28H,11-17H2,1H3/t21-/m1/s1. The van der Waals surface area contributed by atoms with Gasteiger partial charge in [-0.15, -0.1) is 11.3 Å². The number of ether oxygens (including phenoxy) is 2. The van der Waals surface area contributed by atoms with Crippen LogP contribution in [-0.2, 0) is 6.54 Å². The molecule has 4 rings (SSSR count). The van der Waals surface area contributed by atoms with Gasteiger partial charge in [-0.3, -0.25) is 9.80 Å². The minimum atomic E-state index is -0.513. The maximum Gasteiger partial charge on any atom is 0.123 e. The lowest BCUT2D eigenvalue weighted by molar-refractivity contribution is 0.0444. The number of aromatic nitrogens is 1. The summed E-state index contributed by atoms with van der Waals surface area (Å²) in [5.74, 6) is 1.53. The average molecular weight is 440 g/mol. The van der Waals surface area contributed by atoms with E-state index in [9.17, 15) is 5.11 Å². The molecule has 2 aromatic carbocycles. The number of hydrogen-bond donors (Lipinski definition) is 1. The van der Waals surface area contributed by atoms with Crippen LogP contribution in [0.2, 0.25) is 0 Å². The smallest absolute Gasteiger partial charge is 0.123 e. The second kappa shape index (κ2) is 10.7. The molecule has 1 aliphatic heterocycles. The minimum Gasteiger partial charge on any atom is -0.497 e. The maximum atomic E-state index is 10.4. The molecule has 6 nitrogen and oxygen atoms in total. The van der Waals surface area contributed by atoms with Crippen LogP contribution in [0.4, 0.5) is 0 Å². The van der Waals surface area contributed by atoms with E-state index in [1.165, 1.54) is 5.56 Å². The summed E-state index contributed by atoms with van der Waals surface area (Å²) >= 11 is 1.70. The molecule has 1 saturated heterocycles. The summed E-state index contributed by atoms with van der Waals surface area (Å²) in [5.41, 5.74) is 2.31. The third kappa shape index (κ3) is 6.27. The molecule has 1 atom stereocenters. The van der Waals surface area contributed by atoms with Crippen LogP contribution in [0.5, 0.6) is 11.5 Å². The predicted molar refractivity (Wildman–Crippen MR) is 124 cm³/mol. The highest BCUT2D eigenvalue weighted by atomic mass is 32.1. The largest absolute Gasteiger partial charge is 0.497 e. The molecule has 0 aliphatic carbocycles. The third-order valence-electron chi connectivity index (χ3n) is 5.39. The Labute approximate surface area is 187 Å². The van der Waals surface area contributed by atoms with Crippen LogP contribution in [0.3, 0.4) is 0 Å². The highest BCUT2D eigenvalue weighted by Crippen LogP contribution is 2.24. The number of benzene rings is 2. The van der Waals surface area contributed by atoms with Crippen LogP contribution in [0.25, 0.3) is 10.6 Å². The first-order valence-corrected chi connectivity index (χ1v) is 11.5. The quantitative estimate of drug-likeness (QED) is 0.552. The molecular weight excluding hydrogens is 410 g/mol. The molecule has 7 heteroatoms. The number of thiazole rings is 1. The Hall–Kier alpha value is -2.45. The van der Waals surface area contributed by atoms with Crippen molar-refractivity contribution >= 4 is 11.3 Å². The summed E-state index contributed by atoms with van der Waals surface area (Å²) in [5, 5.41) is 13.6. The Morgan fingerprint density at radius 2 is 1.65 bits per heavy atom. The number of methoxy groups -OCH3 is 1. The van der Waals surface area contributed by atoms with Crippen LogP contribution in [0.1, 0.15) is 5.69 Å². The molecule has 0 spiro atoms. The van der Waals surface area contributed by atoms with Crippen molar-refractivity contribution in [3.63, 3.8) is 0 Å². The maximum absolute atomic E-state index is 10.4. The SMILES string of the molecule is COc1ccc(OC[C@H](O)CN2CCN(Cc3csc(-c4ccccc4)n3)CC2)cc1. The molecule has 164 valence electrons. The fraction of sp³-hybridized carbons (Fsp3) is 0.375. The van der Waals surface area contributed by atoms with E-state index in [1.54, 1.807) is 18.4 Å². The zero-order valence-electron chi connectivity index (χ0n) is 17.8. The van der Waals surface area contributed by atoms with Gasteiger partial charge in [0.15, 0.2) is 0 Å². The van der Waals surface area contributed by atoms with E-state index in [4.69, 9.17) is 14.5 Å². The lowest BCUT2D eigenvalue weighted by Gasteiger charge is -2.35. The summed E-state index contributed by atoms with van der Waals surface area (Å²) in [4.78, 5) is 9.54.